The van der Waals surface area contributed by atoms with Crippen LogP contribution in [0, 0.1) is 0 Å². The van der Waals surface area contributed by atoms with Crippen molar-refractivity contribution in [3.8, 4) is 0 Å². The lowest BCUT2D eigenvalue weighted by Crippen LogP contribution is -2.44. The van der Waals surface area contributed by atoms with Gasteiger partial charge in [0, 0.05) is 0 Å². The summed E-state index contributed by atoms with van der Waals surface area (Å²) in [5.74, 6) is -0.438. The van der Waals surface area contributed by atoms with Gasteiger partial charge in [-0.1, -0.05) is 7.43 Å². The zero-order valence-electron chi connectivity index (χ0n) is 15.3. The minimum atomic E-state index is -1.01. The molecule has 0 radical (unpaired) electrons. The summed E-state index contributed by atoms with van der Waals surface area (Å²) in [5, 5.41) is 18.2. The summed E-state index contributed by atoms with van der Waals surface area (Å²) < 4.78 is 11.5. The molecule has 1 heterocycles. The lowest BCUT2D eigenvalue weighted by Gasteiger charge is -2.31. The molecule has 0 atom stereocenters. The minimum Gasteiger partial charge on any atom is -0.387 e. The van der Waals surface area contributed by atoms with Gasteiger partial charge in [0.05, 0.1) is 22.4 Å². The van der Waals surface area contributed by atoms with E-state index in [0.717, 1.165) is 0 Å². The Bertz CT molecular complexity index is 289. The Hall–Kier alpha value is -0.490. The van der Waals surface area contributed by atoms with Gasteiger partial charge >= 0.3 is 0 Å². The Balaban J connectivity index is -0.000000294. The molecule has 0 amide bonds. The molecule has 1 fully saturated rings. The van der Waals surface area contributed by atoms with E-state index in [2.05, 4.69) is 27.7 Å². The van der Waals surface area contributed by atoms with Crippen LogP contribution in [-0.2, 0) is 14.3 Å². The topological polar surface area (TPSA) is 76.0 Å². The van der Waals surface area contributed by atoms with Crippen molar-refractivity contribution in [2.75, 3.05) is 0 Å². The third-order valence-electron chi connectivity index (χ3n) is 3.95. The van der Waals surface area contributed by atoms with E-state index >= 15 is 0 Å². The van der Waals surface area contributed by atoms with Crippen LogP contribution < -0.4 is 0 Å². The number of carbonyl (C=O) groups excluding carboxylic acids is 1. The first-order valence-corrected chi connectivity index (χ1v) is 7.05. The highest BCUT2D eigenvalue weighted by molar-refractivity contribution is 5.11. The Labute approximate surface area is 137 Å². The van der Waals surface area contributed by atoms with E-state index in [1.807, 2.05) is 20.6 Å². The van der Waals surface area contributed by atoms with Gasteiger partial charge in [0.15, 0.2) is 5.79 Å². The molecule has 136 valence electrons. The van der Waals surface area contributed by atoms with Gasteiger partial charge in [-0.25, -0.2) is 0 Å². The summed E-state index contributed by atoms with van der Waals surface area (Å²) in [6.45, 7) is 20.4. The largest absolute Gasteiger partial charge is 0.387 e. The molecule has 0 bridgehead atoms. The standard InChI is InChI=1S/C9H18O2.C6H14O2.CH2O.CH4/c1-7(2)8(3,4)11-9(5,6)10-7;1-5(2,7)6(3,4)8;1-2;/h1-6H3;7-8H,1-4H3;1H2;1H4. The zero-order chi connectivity index (χ0) is 17.9. The fourth-order valence-electron chi connectivity index (χ4n) is 1.50. The second-order valence-corrected chi connectivity index (χ2v) is 7.74. The van der Waals surface area contributed by atoms with Crippen LogP contribution in [0.1, 0.15) is 76.7 Å². The SMILES string of the molecule is C.C=O.CC(C)(O)C(C)(C)O.CC1(C)OC(C)(C)C(C)(C)O1. The normalized spacial score (nSPS) is 21.5. The van der Waals surface area contributed by atoms with E-state index in [-0.39, 0.29) is 18.6 Å². The Morgan fingerprint density at radius 3 is 0.955 bits per heavy atom. The molecule has 0 aromatic carbocycles. The fraction of sp³-hybridized carbons (Fsp3) is 0.941. The van der Waals surface area contributed by atoms with E-state index in [4.69, 9.17) is 24.5 Å². The van der Waals surface area contributed by atoms with E-state index in [1.54, 1.807) is 27.7 Å². The van der Waals surface area contributed by atoms with Crippen molar-refractivity contribution in [1.82, 2.24) is 0 Å². The molecule has 0 aliphatic carbocycles. The Kier molecular flexibility index (Phi) is 9.44. The summed E-state index contributed by atoms with van der Waals surface area (Å²) in [6.07, 6.45) is 0. The molecule has 5 heteroatoms. The summed E-state index contributed by atoms with van der Waals surface area (Å²) in [6, 6.07) is 0. The van der Waals surface area contributed by atoms with Crippen LogP contribution in [0.5, 0.6) is 0 Å². The summed E-state index contributed by atoms with van der Waals surface area (Å²) >= 11 is 0. The predicted octanol–water partition coefficient (Wildman–Crippen LogP) is 3.31. The van der Waals surface area contributed by atoms with Crippen LogP contribution >= 0.6 is 0 Å². The number of hydrogen-bond donors (Lipinski definition) is 2. The number of rotatable bonds is 1. The molecular weight excluding hydrogens is 284 g/mol. The van der Waals surface area contributed by atoms with Crippen LogP contribution in [0.25, 0.3) is 0 Å². The van der Waals surface area contributed by atoms with Crippen molar-refractivity contribution >= 4 is 6.79 Å². The molecule has 0 aromatic heterocycles. The highest BCUT2D eigenvalue weighted by Gasteiger charge is 2.52. The lowest BCUT2D eigenvalue weighted by molar-refractivity contribution is -0.163. The van der Waals surface area contributed by atoms with E-state index < -0.39 is 17.0 Å². The van der Waals surface area contributed by atoms with Crippen LogP contribution in [0.15, 0.2) is 0 Å². The summed E-state index contributed by atoms with van der Waals surface area (Å²) in [7, 11) is 0. The van der Waals surface area contributed by atoms with Crippen molar-refractivity contribution in [1.29, 1.82) is 0 Å². The first-order valence-electron chi connectivity index (χ1n) is 7.05. The molecule has 22 heavy (non-hydrogen) atoms. The van der Waals surface area contributed by atoms with Gasteiger partial charge in [-0.2, -0.15) is 0 Å². The molecule has 1 aliphatic heterocycles. The molecule has 0 saturated carbocycles. The van der Waals surface area contributed by atoms with Crippen molar-refractivity contribution < 1.29 is 24.5 Å². The van der Waals surface area contributed by atoms with Crippen molar-refractivity contribution in [3.05, 3.63) is 0 Å². The quantitative estimate of drug-likeness (QED) is 0.774. The summed E-state index contributed by atoms with van der Waals surface area (Å²) in [4.78, 5) is 8.00. The second-order valence-electron chi connectivity index (χ2n) is 7.74. The van der Waals surface area contributed by atoms with Gasteiger partial charge in [0.2, 0.25) is 0 Å². The van der Waals surface area contributed by atoms with Gasteiger partial charge in [0.25, 0.3) is 0 Å². The first kappa shape index (κ1) is 26.4. The van der Waals surface area contributed by atoms with Gasteiger partial charge in [-0.05, 0) is 69.2 Å². The van der Waals surface area contributed by atoms with E-state index in [0.29, 0.717) is 0 Å². The van der Waals surface area contributed by atoms with Crippen LogP contribution in [0.2, 0.25) is 0 Å². The number of aliphatic hydroxyl groups is 2. The lowest BCUT2D eigenvalue weighted by atomic mass is 9.90. The van der Waals surface area contributed by atoms with Crippen molar-refractivity contribution in [2.45, 2.75) is 105 Å². The third kappa shape index (κ3) is 7.68. The van der Waals surface area contributed by atoms with Gasteiger partial charge < -0.3 is 24.5 Å². The maximum absolute atomic E-state index is 9.10. The van der Waals surface area contributed by atoms with Gasteiger partial charge in [-0.3, -0.25) is 0 Å². The van der Waals surface area contributed by atoms with E-state index in [1.165, 1.54) is 0 Å². The highest BCUT2D eigenvalue weighted by atomic mass is 16.8. The maximum atomic E-state index is 9.10. The summed E-state index contributed by atoms with van der Waals surface area (Å²) in [5.41, 5.74) is -2.41. The molecule has 0 unspecified atom stereocenters. The van der Waals surface area contributed by atoms with Gasteiger partial charge in [0.1, 0.15) is 6.79 Å². The molecule has 0 aromatic rings. The smallest absolute Gasteiger partial charge is 0.164 e. The van der Waals surface area contributed by atoms with Crippen LogP contribution in [0.3, 0.4) is 0 Å². The molecule has 1 rings (SSSR count). The van der Waals surface area contributed by atoms with Gasteiger partial charge in [-0.15, -0.1) is 0 Å². The third-order valence-corrected chi connectivity index (χ3v) is 3.95. The second kappa shape index (κ2) is 7.86. The van der Waals surface area contributed by atoms with Crippen LogP contribution in [-0.4, -0.2) is 45.2 Å². The number of hydrogen-bond acceptors (Lipinski definition) is 5. The molecule has 1 aliphatic rings. The van der Waals surface area contributed by atoms with Crippen molar-refractivity contribution in [2.24, 2.45) is 0 Å². The predicted molar refractivity (Wildman–Crippen MR) is 90.9 cm³/mol. The number of carbonyl (C=O) groups is 1. The first-order chi connectivity index (χ1) is 8.91. The average molecular weight is 322 g/mol. The molecule has 1 saturated heterocycles. The zero-order valence-corrected chi connectivity index (χ0v) is 15.3. The Morgan fingerprint density at radius 2 is 0.909 bits per heavy atom. The van der Waals surface area contributed by atoms with Crippen molar-refractivity contribution in [3.63, 3.8) is 0 Å². The number of ether oxygens (including phenoxy) is 2. The average Bonchev–Trinajstić information content (AvgIpc) is 2.28. The minimum absolute atomic E-state index is 0. The van der Waals surface area contributed by atoms with Crippen LogP contribution in [0.4, 0.5) is 0 Å². The molecule has 0 spiro atoms. The van der Waals surface area contributed by atoms with E-state index in [9.17, 15) is 0 Å². The monoisotopic (exact) mass is 322 g/mol. The Morgan fingerprint density at radius 1 is 0.727 bits per heavy atom. The molecular formula is C17H38O5. The molecule has 5 nitrogen and oxygen atoms in total. The maximum Gasteiger partial charge on any atom is 0.164 e. The highest BCUT2D eigenvalue weighted by Crippen LogP contribution is 2.43. The molecule has 2 N–H and O–H groups in total. The fourth-order valence-corrected chi connectivity index (χ4v) is 1.50.